The molecule has 0 heterocycles. The zero-order chi connectivity index (χ0) is 8.41. The summed E-state index contributed by atoms with van der Waals surface area (Å²) in [5.41, 5.74) is 0. The molecule has 0 unspecified atom stereocenters. The summed E-state index contributed by atoms with van der Waals surface area (Å²) in [5, 5.41) is 0.142. The van der Waals surface area contributed by atoms with E-state index in [0.717, 1.165) is 6.29 Å². The molecular weight excluding hydrogens is 163 g/mol. The summed E-state index contributed by atoms with van der Waals surface area (Å²) in [6.45, 7) is 8.38. The molecule has 60 valence electrons. The standard InChI is InChI=1S/C7H15OPS/c1-7(2,3)9(4,10)6-5-8/h5H,6H2,1-4H3/t9-/m1/s1. The van der Waals surface area contributed by atoms with Crippen molar-refractivity contribution < 1.29 is 4.79 Å². The van der Waals surface area contributed by atoms with Crippen molar-refractivity contribution in [1.29, 1.82) is 0 Å². The molecule has 0 saturated carbocycles. The highest BCUT2D eigenvalue weighted by molar-refractivity contribution is 8.15. The molecule has 0 radical (unpaired) electrons. The average molecular weight is 178 g/mol. The highest BCUT2D eigenvalue weighted by atomic mass is 32.4. The van der Waals surface area contributed by atoms with Gasteiger partial charge < -0.3 is 4.79 Å². The Bertz CT molecular complexity index is 169. The molecule has 1 nitrogen and oxygen atoms in total. The van der Waals surface area contributed by atoms with Crippen LogP contribution in [0.2, 0.25) is 0 Å². The Morgan fingerprint density at radius 2 is 1.90 bits per heavy atom. The monoisotopic (exact) mass is 178 g/mol. The second-order valence-corrected chi connectivity index (χ2v) is 9.95. The largest absolute Gasteiger partial charge is 0.303 e. The lowest BCUT2D eigenvalue weighted by Crippen LogP contribution is -2.16. The minimum atomic E-state index is -1.41. The van der Waals surface area contributed by atoms with Gasteiger partial charge in [-0.3, -0.25) is 0 Å². The van der Waals surface area contributed by atoms with Crippen molar-refractivity contribution >= 4 is 24.1 Å². The van der Waals surface area contributed by atoms with Gasteiger partial charge in [0, 0.05) is 6.16 Å². The van der Waals surface area contributed by atoms with Crippen molar-refractivity contribution in [3.05, 3.63) is 0 Å². The van der Waals surface area contributed by atoms with Gasteiger partial charge in [-0.2, -0.15) is 0 Å². The van der Waals surface area contributed by atoms with E-state index in [-0.39, 0.29) is 5.16 Å². The summed E-state index contributed by atoms with van der Waals surface area (Å²) in [5.74, 6) is 0. The summed E-state index contributed by atoms with van der Waals surface area (Å²) < 4.78 is 0. The molecule has 0 bridgehead atoms. The molecule has 0 aromatic rings. The van der Waals surface area contributed by atoms with Gasteiger partial charge in [-0.05, 0) is 17.9 Å². The third-order valence-corrected chi connectivity index (χ3v) is 7.62. The van der Waals surface area contributed by atoms with E-state index < -0.39 is 6.04 Å². The molecule has 10 heavy (non-hydrogen) atoms. The van der Waals surface area contributed by atoms with Crippen LogP contribution < -0.4 is 0 Å². The van der Waals surface area contributed by atoms with E-state index in [1.807, 2.05) is 0 Å². The zero-order valence-corrected chi connectivity index (χ0v) is 8.76. The van der Waals surface area contributed by atoms with Crippen LogP contribution in [0.4, 0.5) is 0 Å². The number of rotatable bonds is 2. The Hall–Kier alpha value is 0.320. The number of hydrogen-bond acceptors (Lipinski definition) is 2. The lowest BCUT2D eigenvalue weighted by atomic mass is 10.3. The Labute approximate surface area is 68.2 Å². The molecule has 0 fully saturated rings. The van der Waals surface area contributed by atoms with Crippen LogP contribution in [0, 0.1) is 0 Å². The molecule has 1 atom stereocenters. The quantitative estimate of drug-likeness (QED) is 0.476. The minimum absolute atomic E-state index is 0.142. The van der Waals surface area contributed by atoms with Crippen molar-refractivity contribution in [3.63, 3.8) is 0 Å². The molecule has 3 heteroatoms. The van der Waals surface area contributed by atoms with Crippen LogP contribution in [0.15, 0.2) is 0 Å². The predicted molar refractivity (Wildman–Crippen MR) is 50.9 cm³/mol. The maximum atomic E-state index is 10.2. The van der Waals surface area contributed by atoms with Gasteiger partial charge in [0.25, 0.3) is 0 Å². The minimum Gasteiger partial charge on any atom is -0.303 e. The fraction of sp³-hybridized carbons (Fsp3) is 0.857. The Morgan fingerprint density at radius 3 is 2.00 bits per heavy atom. The van der Waals surface area contributed by atoms with Gasteiger partial charge >= 0.3 is 0 Å². The third kappa shape index (κ3) is 2.51. The average Bonchev–Trinajstić information content (AvgIpc) is 1.61. The van der Waals surface area contributed by atoms with Gasteiger partial charge in [0.1, 0.15) is 6.29 Å². The van der Waals surface area contributed by atoms with E-state index in [1.54, 1.807) is 0 Å². The molecule has 0 aromatic heterocycles. The highest BCUT2D eigenvalue weighted by Crippen LogP contribution is 2.53. The summed E-state index contributed by atoms with van der Waals surface area (Å²) in [7, 11) is 0. The third-order valence-electron chi connectivity index (χ3n) is 1.84. The Kier molecular flexibility index (Phi) is 3.25. The van der Waals surface area contributed by atoms with Gasteiger partial charge in [0.05, 0.1) is 0 Å². The van der Waals surface area contributed by atoms with Crippen LogP contribution in [-0.4, -0.2) is 24.3 Å². The van der Waals surface area contributed by atoms with Crippen molar-refractivity contribution in [1.82, 2.24) is 0 Å². The number of hydrogen-bond donors (Lipinski definition) is 0. The maximum Gasteiger partial charge on any atom is 0.125 e. The van der Waals surface area contributed by atoms with Crippen molar-refractivity contribution in [3.8, 4) is 0 Å². The highest BCUT2D eigenvalue weighted by Gasteiger charge is 2.25. The molecule has 0 aliphatic rings. The smallest absolute Gasteiger partial charge is 0.125 e. The molecule has 0 spiro atoms. The fourth-order valence-corrected chi connectivity index (χ4v) is 1.43. The number of carbonyl (C=O) groups is 1. The summed E-state index contributed by atoms with van der Waals surface area (Å²) in [6.07, 6.45) is 1.53. The number of carbonyl (C=O) groups excluding carboxylic acids is 1. The summed E-state index contributed by atoms with van der Waals surface area (Å²) >= 11 is 5.36. The first kappa shape index (κ1) is 10.3. The van der Waals surface area contributed by atoms with Gasteiger partial charge in [-0.15, -0.1) is 0 Å². The van der Waals surface area contributed by atoms with Crippen molar-refractivity contribution in [2.75, 3.05) is 12.8 Å². The first-order valence-corrected chi connectivity index (χ1v) is 6.75. The van der Waals surface area contributed by atoms with E-state index in [9.17, 15) is 4.79 Å². The maximum absolute atomic E-state index is 10.2. The van der Waals surface area contributed by atoms with Crippen LogP contribution in [0.5, 0.6) is 0 Å². The van der Waals surface area contributed by atoms with Gasteiger partial charge in [-0.25, -0.2) is 0 Å². The lowest BCUT2D eigenvalue weighted by molar-refractivity contribution is -0.105. The molecular formula is C7H15OPS. The topological polar surface area (TPSA) is 17.1 Å². The fourth-order valence-electron chi connectivity index (χ4n) is 0.416. The van der Waals surface area contributed by atoms with Gasteiger partial charge in [0.15, 0.2) is 0 Å². The van der Waals surface area contributed by atoms with E-state index in [1.165, 1.54) is 0 Å². The van der Waals surface area contributed by atoms with E-state index >= 15 is 0 Å². The number of aldehydes is 1. The van der Waals surface area contributed by atoms with E-state index in [2.05, 4.69) is 27.4 Å². The molecule has 0 N–H and O–H groups in total. The SMILES string of the molecule is CC(C)(C)[P@](C)(=S)CC=O. The van der Waals surface area contributed by atoms with Gasteiger partial charge in [-0.1, -0.05) is 32.6 Å². The Morgan fingerprint density at radius 1 is 1.50 bits per heavy atom. The Balaban J connectivity index is 4.41. The predicted octanol–water partition coefficient (Wildman–Crippen LogP) is 2.09. The summed E-state index contributed by atoms with van der Waals surface area (Å²) in [6, 6.07) is -1.41. The zero-order valence-electron chi connectivity index (χ0n) is 7.05. The first-order valence-electron chi connectivity index (χ1n) is 3.31. The molecule has 0 aliphatic carbocycles. The van der Waals surface area contributed by atoms with Gasteiger partial charge in [0.2, 0.25) is 0 Å². The van der Waals surface area contributed by atoms with E-state index in [4.69, 9.17) is 11.8 Å². The van der Waals surface area contributed by atoms with E-state index in [0.29, 0.717) is 6.16 Å². The van der Waals surface area contributed by atoms with Crippen LogP contribution >= 0.6 is 6.04 Å². The lowest BCUT2D eigenvalue weighted by Gasteiger charge is -2.29. The van der Waals surface area contributed by atoms with Crippen molar-refractivity contribution in [2.24, 2.45) is 0 Å². The molecule has 0 rings (SSSR count). The van der Waals surface area contributed by atoms with Crippen LogP contribution in [0.3, 0.4) is 0 Å². The normalized spacial score (nSPS) is 18.0. The molecule has 0 saturated heterocycles. The molecule has 0 aliphatic heterocycles. The van der Waals surface area contributed by atoms with Crippen molar-refractivity contribution in [2.45, 2.75) is 25.9 Å². The van der Waals surface area contributed by atoms with Crippen LogP contribution in [0.1, 0.15) is 20.8 Å². The van der Waals surface area contributed by atoms with Crippen LogP contribution in [0.25, 0.3) is 0 Å². The first-order chi connectivity index (χ1) is 4.31. The van der Waals surface area contributed by atoms with Crippen LogP contribution in [-0.2, 0) is 16.6 Å². The summed E-state index contributed by atoms with van der Waals surface area (Å²) in [4.78, 5) is 10.2. The molecule has 0 amide bonds. The molecule has 0 aromatic carbocycles. The second-order valence-electron chi connectivity index (χ2n) is 3.62. The second kappa shape index (κ2) is 3.15.